The number of carbonyl (C=O) groups is 1. The first-order valence-electron chi connectivity index (χ1n) is 6.73. The van der Waals surface area contributed by atoms with Gasteiger partial charge >= 0.3 is 0 Å². The fraction of sp³-hybridized carbons (Fsp3) is 0.188. The van der Waals surface area contributed by atoms with E-state index in [9.17, 15) is 9.90 Å². The molecule has 1 aliphatic rings. The highest BCUT2D eigenvalue weighted by molar-refractivity contribution is 14.1. The molecule has 1 amide bonds. The van der Waals surface area contributed by atoms with Gasteiger partial charge in [-0.3, -0.25) is 9.69 Å². The van der Waals surface area contributed by atoms with Crippen molar-refractivity contribution in [2.24, 2.45) is 0 Å². The Kier molecular flexibility index (Phi) is 4.62. The van der Waals surface area contributed by atoms with Crippen LogP contribution in [0.5, 0.6) is 11.5 Å². The monoisotopic (exact) mass is 463 g/mol. The second-order valence-corrected chi connectivity index (χ2v) is 7.12. The number of ether oxygens (including phenoxy) is 1. The third-order valence-electron chi connectivity index (χ3n) is 3.75. The van der Waals surface area contributed by atoms with Gasteiger partial charge in [0.05, 0.1) is 22.4 Å². The number of methoxy groups -OCH3 is 1. The number of halogens is 3. The Morgan fingerprint density at radius 2 is 2.00 bits per heavy atom. The number of alkyl halides is 1. The Hall–Kier alpha value is -1.18. The summed E-state index contributed by atoms with van der Waals surface area (Å²) < 4.78 is 5.93. The molecule has 1 aliphatic heterocycles. The number of phenolic OH excluding ortho intramolecular Hbond substituents is 1. The number of β-lactam (4-membered cyclic amide) rings is 1. The van der Waals surface area contributed by atoms with Crippen molar-refractivity contribution in [3.63, 3.8) is 0 Å². The van der Waals surface area contributed by atoms with Crippen LogP contribution in [0.2, 0.25) is 5.02 Å². The van der Waals surface area contributed by atoms with Gasteiger partial charge in [-0.15, -0.1) is 11.6 Å². The first-order valence-corrected chi connectivity index (χ1v) is 8.63. The van der Waals surface area contributed by atoms with Gasteiger partial charge in [-0.1, -0.05) is 23.7 Å². The molecule has 0 bridgehead atoms. The molecule has 3 rings (SSSR count). The first-order chi connectivity index (χ1) is 11.0. The van der Waals surface area contributed by atoms with E-state index in [0.717, 1.165) is 0 Å². The molecule has 1 N–H and O–H groups in total. The van der Waals surface area contributed by atoms with E-state index in [0.29, 0.717) is 25.6 Å². The highest BCUT2D eigenvalue weighted by atomic mass is 127. The summed E-state index contributed by atoms with van der Waals surface area (Å²) in [4.78, 5) is 13.8. The summed E-state index contributed by atoms with van der Waals surface area (Å²) in [6.45, 7) is 0. The third kappa shape index (κ3) is 2.75. The Labute approximate surface area is 157 Å². The lowest BCUT2D eigenvalue weighted by atomic mass is 9.91. The van der Waals surface area contributed by atoms with E-state index in [1.807, 2.05) is 34.7 Å². The summed E-state index contributed by atoms with van der Waals surface area (Å²) in [5.74, 6) is 0.402. The summed E-state index contributed by atoms with van der Waals surface area (Å²) in [6.07, 6.45) is 0. The molecule has 7 heteroatoms. The predicted octanol–water partition coefficient (Wildman–Crippen LogP) is 4.35. The average Bonchev–Trinajstić information content (AvgIpc) is 2.55. The standard InChI is InChI=1S/C16H12Cl2INO3/c1-23-12-5-3-2-4-11(12)20-14(13(18)16(20)22)9-6-8(17)7-10(19)15(9)21/h2-7,13-14,21H,1H3. The van der Waals surface area contributed by atoms with Crippen LogP contribution in [0.25, 0.3) is 0 Å². The molecule has 2 aromatic carbocycles. The normalized spacial score (nSPS) is 20.3. The van der Waals surface area contributed by atoms with Gasteiger partial charge in [-0.05, 0) is 46.9 Å². The van der Waals surface area contributed by atoms with Gasteiger partial charge in [0.15, 0.2) is 0 Å². The fourth-order valence-corrected chi connectivity index (χ4v) is 4.07. The van der Waals surface area contributed by atoms with Crippen LogP contribution in [-0.2, 0) is 4.79 Å². The number of anilines is 1. The Morgan fingerprint density at radius 1 is 1.30 bits per heavy atom. The maximum absolute atomic E-state index is 12.3. The highest BCUT2D eigenvalue weighted by Crippen LogP contribution is 2.48. The van der Waals surface area contributed by atoms with Crippen molar-refractivity contribution in [3.8, 4) is 11.5 Å². The van der Waals surface area contributed by atoms with Gasteiger partial charge in [0.2, 0.25) is 5.91 Å². The largest absolute Gasteiger partial charge is 0.506 e. The lowest BCUT2D eigenvalue weighted by molar-refractivity contribution is -0.123. The first kappa shape index (κ1) is 16.7. The molecular weight excluding hydrogens is 452 g/mol. The number of para-hydroxylation sites is 2. The molecule has 0 aliphatic carbocycles. The van der Waals surface area contributed by atoms with Crippen LogP contribution >= 0.6 is 45.8 Å². The lowest BCUT2D eigenvalue weighted by Crippen LogP contribution is -2.56. The van der Waals surface area contributed by atoms with Crippen LogP contribution in [0.4, 0.5) is 5.69 Å². The predicted molar refractivity (Wildman–Crippen MR) is 98.7 cm³/mol. The fourth-order valence-electron chi connectivity index (χ4n) is 2.66. The second kappa shape index (κ2) is 6.37. The summed E-state index contributed by atoms with van der Waals surface area (Å²) >= 11 is 14.3. The van der Waals surface area contributed by atoms with Crippen LogP contribution in [0.3, 0.4) is 0 Å². The smallest absolute Gasteiger partial charge is 0.248 e. The van der Waals surface area contributed by atoms with Crippen molar-refractivity contribution in [1.29, 1.82) is 0 Å². The Morgan fingerprint density at radius 3 is 2.70 bits per heavy atom. The number of hydrogen-bond acceptors (Lipinski definition) is 3. The zero-order valence-electron chi connectivity index (χ0n) is 12.0. The van der Waals surface area contributed by atoms with E-state index in [1.54, 1.807) is 24.3 Å². The number of aromatic hydroxyl groups is 1. The number of phenols is 1. The minimum absolute atomic E-state index is 0.0815. The van der Waals surface area contributed by atoms with Crippen LogP contribution in [0.1, 0.15) is 11.6 Å². The molecule has 1 fully saturated rings. The average molecular weight is 464 g/mol. The van der Waals surface area contributed by atoms with Crippen molar-refractivity contribution in [2.75, 3.05) is 12.0 Å². The molecule has 1 heterocycles. The highest BCUT2D eigenvalue weighted by Gasteiger charge is 2.50. The Balaban J connectivity index is 2.10. The van der Waals surface area contributed by atoms with Gasteiger partial charge in [-0.2, -0.15) is 0 Å². The maximum atomic E-state index is 12.3. The minimum atomic E-state index is -0.764. The topological polar surface area (TPSA) is 49.8 Å². The molecule has 2 unspecified atom stereocenters. The van der Waals surface area contributed by atoms with E-state index in [2.05, 4.69) is 0 Å². The quantitative estimate of drug-likeness (QED) is 0.418. The molecular formula is C16H12Cl2INO3. The van der Waals surface area contributed by atoms with Crippen molar-refractivity contribution >= 4 is 57.4 Å². The molecule has 23 heavy (non-hydrogen) atoms. The van der Waals surface area contributed by atoms with Crippen molar-refractivity contribution in [3.05, 3.63) is 50.6 Å². The zero-order valence-corrected chi connectivity index (χ0v) is 15.6. The number of nitrogens with zero attached hydrogens (tertiary/aromatic N) is 1. The molecule has 2 aromatic rings. The van der Waals surface area contributed by atoms with Crippen LogP contribution < -0.4 is 9.64 Å². The van der Waals surface area contributed by atoms with E-state index in [-0.39, 0.29) is 11.7 Å². The van der Waals surface area contributed by atoms with Gasteiger partial charge in [0, 0.05) is 10.6 Å². The number of amides is 1. The molecule has 0 radical (unpaired) electrons. The molecule has 4 nitrogen and oxygen atoms in total. The van der Waals surface area contributed by atoms with Gasteiger partial charge < -0.3 is 9.84 Å². The molecule has 0 saturated carbocycles. The zero-order chi connectivity index (χ0) is 16.7. The summed E-state index contributed by atoms with van der Waals surface area (Å²) in [7, 11) is 1.54. The van der Waals surface area contributed by atoms with Crippen molar-refractivity contribution < 1.29 is 14.6 Å². The van der Waals surface area contributed by atoms with Crippen molar-refractivity contribution in [1.82, 2.24) is 0 Å². The molecule has 1 saturated heterocycles. The van der Waals surface area contributed by atoms with Gasteiger partial charge in [-0.25, -0.2) is 0 Å². The molecule has 2 atom stereocenters. The van der Waals surface area contributed by atoms with E-state index in [1.165, 1.54) is 12.0 Å². The minimum Gasteiger partial charge on any atom is -0.506 e. The van der Waals surface area contributed by atoms with Gasteiger partial charge in [0.25, 0.3) is 0 Å². The van der Waals surface area contributed by atoms with Crippen LogP contribution in [-0.4, -0.2) is 23.5 Å². The number of benzene rings is 2. The summed E-state index contributed by atoms with van der Waals surface area (Å²) in [5, 5.41) is 10.1. The molecule has 120 valence electrons. The summed E-state index contributed by atoms with van der Waals surface area (Å²) in [5.41, 5.74) is 1.13. The van der Waals surface area contributed by atoms with E-state index < -0.39 is 11.4 Å². The van der Waals surface area contributed by atoms with Gasteiger partial charge in [0.1, 0.15) is 16.9 Å². The number of carbonyl (C=O) groups excluding carboxylic acids is 1. The maximum Gasteiger partial charge on any atom is 0.248 e. The SMILES string of the molecule is COc1ccccc1N1C(=O)C(Cl)C1c1cc(Cl)cc(I)c1O. The molecule has 0 aromatic heterocycles. The number of rotatable bonds is 3. The van der Waals surface area contributed by atoms with E-state index >= 15 is 0 Å². The molecule has 0 spiro atoms. The second-order valence-electron chi connectivity index (χ2n) is 5.05. The van der Waals surface area contributed by atoms with Crippen LogP contribution in [0.15, 0.2) is 36.4 Å². The van der Waals surface area contributed by atoms with Crippen LogP contribution in [0, 0.1) is 3.57 Å². The Bertz CT molecular complexity index is 784. The lowest BCUT2D eigenvalue weighted by Gasteiger charge is -2.45. The van der Waals surface area contributed by atoms with Crippen molar-refractivity contribution in [2.45, 2.75) is 11.4 Å². The summed E-state index contributed by atoms with van der Waals surface area (Å²) in [6, 6.07) is 9.95. The van der Waals surface area contributed by atoms with E-state index in [4.69, 9.17) is 27.9 Å². The number of hydrogen-bond donors (Lipinski definition) is 1. The third-order valence-corrected chi connectivity index (χ3v) is 5.22.